The zero-order valence-electron chi connectivity index (χ0n) is 14.1. The number of nitrogens with zero attached hydrogens (tertiary/aromatic N) is 3. The van der Waals surface area contributed by atoms with Crippen LogP contribution in [0.1, 0.15) is 61.7 Å². The average Bonchev–Trinajstić information content (AvgIpc) is 3.13. The first kappa shape index (κ1) is 16.0. The summed E-state index contributed by atoms with van der Waals surface area (Å²) in [5, 5.41) is 0. The van der Waals surface area contributed by atoms with Gasteiger partial charge in [0.15, 0.2) is 0 Å². The van der Waals surface area contributed by atoms with Gasteiger partial charge in [-0.25, -0.2) is 4.98 Å². The Morgan fingerprint density at radius 2 is 2.00 bits per heavy atom. The van der Waals surface area contributed by atoms with E-state index in [0.29, 0.717) is 24.9 Å². The van der Waals surface area contributed by atoms with Gasteiger partial charge in [-0.2, -0.15) is 0 Å². The Kier molecular flexibility index (Phi) is 4.42. The maximum atomic E-state index is 12.5. The molecule has 0 spiro atoms. The molecule has 118 valence electrons. The lowest BCUT2D eigenvalue weighted by Gasteiger charge is -2.22. The molecule has 0 aromatic carbocycles. The number of carbonyl (C=O) groups is 1. The predicted octanol–water partition coefficient (Wildman–Crippen LogP) is 2.72. The Hall–Kier alpha value is -1.36. The summed E-state index contributed by atoms with van der Waals surface area (Å²) in [6.07, 6.45) is 2.39. The molecule has 1 amide bonds. The maximum Gasteiger partial charge on any atom is 0.274 e. The molecule has 0 N–H and O–H groups in total. The molecule has 0 bridgehead atoms. The number of ether oxygens (including phenoxy) is 1. The number of amides is 1. The second-order valence-corrected chi connectivity index (χ2v) is 6.88. The van der Waals surface area contributed by atoms with Crippen LogP contribution in [0.25, 0.3) is 0 Å². The summed E-state index contributed by atoms with van der Waals surface area (Å²) in [4.78, 5) is 18.7. The second-order valence-electron chi connectivity index (χ2n) is 6.88. The van der Waals surface area contributed by atoms with Crippen LogP contribution < -0.4 is 0 Å². The highest BCUT2D eigenvalue weighted by Crippen LogP contribution is 2.37. The van der Waals surface area contributed by atoms with Gasteiger partial charge in [0, 0.05) is 25.3 Å². The number of hydrogen-bond donors (Lipinski definition) is 0. The third-order valence-electron chi connectivity index (χ3n) is 3.75. The van der Waals surface area contributed by atoms with E-state index >= 15 is 0 Å². The fourth-order valence-corrected chi connectivity index (χ4v) is 2.50. The third kappa shape index (κ3) is 3.84. The molecule has 2 rings (SSSR count). The minimum Gasteiger partial charge on any atom is -0.374 e. The number of rotatable bonds is 5. The van der Waals surface area contributed by atoms with Crippen LogP contribution in [-0.2, 0) is 4.74 Å². The topological polar surface area (TPSA) is 47.4 Å². The van der Waals surface area contributed by atoms with Crippen molar-refractivity contribution in [3.8, 4) is 0 Å². The molecule has 0 unspecified atom stereocenters. The number of imidazole rings is 1. The Balaban J connectivity index is 2.01. The lowest BCUT2D eigenvalue weighted by atomic mass is 10.2. The Morgan fingerprint density at radius 1 is 1.38 bits per heavy atom. The molecule has 21 heavy (non-hydrogen) atoms. The van der Waals surface area contributed by atoms with Gasteiger partial charge in [0.2, 0.25) is 0 Å². The van der Waals surface area contributed by atoms with E-state index in [1.165, 1.54) is 12.8 Å². The van der Waals surface area contributed by atoms with Crippen molar-refractivity contribution in [3.63, 3.8) is 0 Å². The largest absolute Gasteiger partial charge is 0.374 e. The summed E-state index contributed by atoms with van der Waals surface area (Å²) in [6, 6.07) is 0.550. The van der Waals surface area contributed by atoms with Crippen molar-refractivity contribution in [2.45, 2.75) is 59.1 Å². The Labute approximate surface area is 127 Å². The summed E-state index contributed by atoms with van der Waals surface area (Å²) in [5.41, 5.74) is 1.39. The molecule has 0 atom stereocenters. The SMILES string of the molecule is Cc1nc(C(=O)N(C)CCOC(C)(C)C)c(C)n1C1CC1. The molecule has 5 nitrogen and oxygen atoms in total. The molecule has 1 heterocycles. The predicted molar refractivity (Wildman–Crippen MR) is 82.6 cm³/mol. The second kappa shape index (κ2) is 5.79. The molecule has 1 aliphatic rings. The Morgan fingerprint density at radius 3 is 2.52 bits per heavy atom. The van der Waals surface area contributed by atoms with Crippen molar-refractivity contribution in [2.24, 2.45) is 0 Å². The van der Waals surface area contributed by atoms with Crippen molar-refractivity contribution in [1.29, 1.82) is 0 Å². The molecular formula is C16H27N3O2. The van der Waals surface area contributed by atoms with Crippen LogP contribution >= 0.6 is 0 Å². The standard InChI is InChI=1S/C16H27N3O2/c1-11-14(17-12(2)19(11)13-7-8-13)15(20)18(6)9-10-21-16(3,4)5/h13H,7-10H2,1-6H3. The van der Waals surface area contributed by atoms with Gasteiger partial charge in [0.25, 0.3) is 5.91 Å². The van der Waals surface area contributed by atoms with E-state index in [1.807, 2.05) is 34.6 Å². The van der Waals surface area contributed by atoms with Gasteiger partial charge in [-0.05, 0) is 47.5 Å². The van der Waals surface area contributed by atoms with Crippen LogP contribution in [0.15, 0.2) is 0 Å². The van der Waals surface area contributed by atoms with Crippen LogP contribution in [0.4, 0.5) is 0 Å². The summed E-state index contributed by atoms with van der Waals surface area (Å²) >= 11 is 0. The molecule has 1 aromatic rings. The first-order valence-electron chi connectivity index (χ1n) is 7.65. The summed E-state index contributed by atoms with van der Waals surface area (Å²) in [7, 11) is 1.80. The van der Waals surface area contributed by atoms with Crippen molar-refractivity contribution in [3.05, 3.63) is 17.2 Å². The normalized spacial score (nSPS) is 15.3. The number of likely N-dealkylation sites (N-methyl/N-ethyl adjacent to an activating group) is 1. The first-order valence-corrected chi connectivity index (χ1v) is 7.65. The van der Waals surface area contributed by atoms with Crippen LogP contribution in [0.2, 0.25) is 0 Å². The van der Waals surface area contributed by atoms with Crippen LogP contribution in [-0.4, -0.2) is 46.2 Å². The van der Waals surface area contributed by atoms with E-state index in [2.05, 4.69) is 9.55 Å². The maximum absolute atomic E-state index is 12.5. The van der Waals surface area contributed by atoms with E-state index < -0.39 is 0 Å². The highest BCUT2D eigenvalue weighted by atomic mass is 16.5. The molecule has 1 saturated carbocycles. The van der Waals surface area contributed by atoms with Crippen LogP contribution in [0, 0.1) is 13.8 Å². The van der Waals surface area contributed by atoms with Gasteiger partial charge in [-0.3, -0.25) is 4.79 Å². The summed E-state index contributed by atoms with van der Waals surface area (Å²) < 4.78 is 7.88. The molecule has 1 fully saturated rings. The number of carbonyl (C=O) groups excluding carboxylic acids is 1. The number of aromatic nitrogens is 2. The van der Waals surface area contributed by atoms with Gasteiger partial charge >= 0.3 is 0 Å². The Bertz CT molecular complexity index is 524. The fraction of sp³-hybridized carbons (Fsp3) is 0.750. The summed E-state index contributed by atoms with van der Waals surface area (Å²) in [5.74, 6) is 0.921. The van der Waals surface area contributed by atoms with E-state index in [0.717, 1.165) is 11.5 Å². The molecule has 1 aromatic heterocycles. The minimum atomic E-state index is -0.177. The van der Waals surface area contributed by atoms with E-state index in [4.69, 9.17) is 4.74 Å². The van der Waals surface area contributed by atoms with Gasteiger partial charge < -0.3 is 14.2 Å². The fourth-order valence-electron chi connectivity index (χ4n) is 2.50. The van der Waals surface area contributed by atoms with Crippen molar-refractivity contribution < 1.29 is 9.53 Å². The van der Waals surface area contributed by atoms with Crippen molar-refractivity contribution in [2.75, 3.05) is 20.2 Å². The zero-order valence-corrected chi connectivity index (χ0v) is 14.1. The first-order chi connectivity index (χ1) is 9.70. The van der Waals surface area contributed by atoms with Gasteiger partial charge in [-0.15, -0.1) is 0 Å². The molecule has 5 heteroatoms. The van der Waals surface area contributed by atoms with E-state index in [-0.39, 0.29) is 11.5 Å². The molecule has 0 saturated heterocycles. The highest BCUT2D eigenvalue weighted by Gasteiger charge is 2.30. The number of hydrogen-bond acceptors (Lipinski definition) is 3. The summed E-state index contributed by atoms with van der Waals surface area (Å²) in [6.45, 7) is 11.1. The number of aryl methyl sites for hydroxylation is 1. The molecular weight excluding hydrogens is 266 g/mol. The van der Waals surface area contributed by atoms with Gasteiger partial charge in [0.05, 0.1) is 12.2 Å². The van der Waals surface area contributed by atoms with Crippen LogP contribution in [0.3, 0.4) is 0 Å². The quantitative estimate of drug-likeness (QED) is 0.838. The monoisotopic (exact) mass is 293 g/mol. The van der Waals surface area contributed by atoms with Gasteiger partial charge in [0.1, 0.15) is 11.5 Å². The molecule has 0 aliphatic heterocycles. The molecule has 1 aliphatic carbocycles. The van der Waals surface area contributed by atoms with Gasteiger partial charge in [-0.1, -0.05) is 0 Å². The zero-order chi connectivity index (χ0) is 15.8. The lowest BCUT2D eigenvalue weighted by Crippen LogP contribution is -2.33. The molecule has 0 radical (unpaired) electrons. The third-order valence-corrected chi connectivity index (χ3v) is 3.75. The highest BCUT2D eigenvalue weighted by molar-refractivity contribution is 5.93. The average molecular weight is 293 g/mol. The van der Waals surface area contributed by atoms with Crippen LogP contribution in [0.5, 0.6) is 0 Å². The smallest absolute Gasteiger partial charge is 0.274 e. The van der Waals surface area contributed by atoms with E-state index in [1.54, 1.807) is 11.9 Å². The van der Waals surface area contributed by atoms with Crippen molar-refractivity contribution in [1.82, 2.24) is 14.5 Å². The minimum absolute atomic E-state index is 0.0208. The lowest BCUT2D eigenvalue weighted by molar-refractivity contribution is -0.00979. The van der Waals surface area contributed by atoms with Crippen molar-refractivity contribution >= 4 is 5.91 Å². The van der Waals surface area contributed by atoms with E-state index in [9.17, 15) is 4.79 Å².